The molecule has 0 aliphatic carbocycles. The van der Waals surface area contributed by atoms with E-state index in [0.29, 0.717) is 6.61 Å². The summed E-state index contributed by atoms with van der Waals surface area (Å²) < 4.78 is 5.89. The molecule has 5 heteroatoms. The second-order valence-corrected chi connectivity index (χ2v) is 6.29. The summed E-state index contributed by atoms with van der Waals surface area (Å²) in [5.41, 5.74) is 2.29. The number of benzene rings is 1. The lowest BCUT2D eigenvalue weighted by Crippen LogP contribution is -2.37. The van der Waals surface area contributed by atoms with E-state index in [1.165, 1.54) is 5.56 Å². The van der Waals surface area contributed by atoms with Crippen molar-refractivity contribution >= 4 is 11.8 Å². The van der Waals surface area contributed by atoms with E-state index in [0.717, 1.165) is 23.0 Å². The minimum absolute atomic E-state index is 0.259. The van der Waals surface area contributed by atoms with Gasteiger partial charge in [-0.3, -0.25) is 0 Å². The first-order valence-corrected chi connectivity index (χ1v) is 8.06. The maximum Gasteiger partial charge on any atom is 0.187 e. The van der Waals surface area contributed by atoms with Gasteiger partial charge in [-0.25, -0.2) is 9.97 Å². The van der Waals surface area contributed by atoms with Gasteiger partial charge < -0.3 is 10.1 Å². The standard InChI is InChI=1S/C16H19N3OS/c1-3-17-15-12-6-4-5-7-13(12)20-10-14(15)21-16-18-8-11(2)9-19-16/h4-9,14-15,17H,3,10H2,1-2H3. The van der Waals surface area contributed by atoms with Crippen LogP contribution in [0.3, 0.4) is 0 Å². The number of rotatable bonds is 4. The Morgan fingerprint density at radius 2 is 2.05 bits per heavy atom. The molecule has 2 unspecified atom stereocenters. The van der Waals surface area contributed by atoms with Crippen molar-refractivity contribution in [1.29, 1.82) is 0 Å². The van der Waals surface area contributed by atoms with E-state index in [1.807, 2.05) is 31.5 Å². The summed E-state index contributed by atoms with van der Waals surface area (Å²) in [6.07, 6.45) is 3.71. The Balaban J connectivity index is 1.83. The SMILES string of the molecule is CCNC1c2ccccc2OCC1Sc1ncc(C)cn1. The maximum atomic E-state index is 5.89. The number of nitrogens with one attached hydrogen (secondary N) is 1. The van der Waals surface area contributed by atoms with Crippen LogP contribution in [-0.4, -0.2) is 28.4 Å². The largest absolute Gasteiger partial charge is 0.492 e. The lowest BCUT2D eigenvalue weighted by atomic mass is 10.0. The minimum atomic E-state index is 0.259. The van der Waals surface area contributed by atoms with Gasteiger partial charge in [-0.2, -0.15) is 0 Å². The molecule has 0 saturated heterocycles. The maximum absolute atomic E-state index is 5.89. The minimum Gasteiger partial charge on any atom is -0.492 e. The van der Waals surface area contributed by atoms with Crippen LogP contribution in [0.1, 0.15) is 24.1 Å². The van der Waals surface area contributed by atoms with Crippen molar-refractivity contribution in [2.45, 2.75) is 30.3 Å². The summed E-state index contributed by atoms with van der Waals surface area (Å²) in [6, 6.07) is 8.49. The number of hydrogen-bond acceptors (Lipinski definition) is 5. The number of ether oxygens (including phenoxy) is 1. The fraction of sp³-hybridized carbons (Fsp3) is 0.375. The van der Waals surface area contributed by atoms with Crippen LogP contribution in [0.2, 0.25) is 0 Å². The van der Waals surface area contributed by atoms with E-state index in [2.05, 4.69) is 34.3 Å². The molecule has 21 heavy (non-hydrogen) atoms. The van der Waals surface area contributed by atoms with Crippen LogP contribution in [0.5, 0.6) is 5.75 Å². The Kier molecular flexibility index (Phi) is 4.41. The van der Waals surface area contributed by atoms with Crippen LogP contribution in [0.4, 0.5) is 0 Å². The van der Waals surface area contributed by atoms with Crippen molar-refractivity contribution in [3.8, 4) is 5.75 Å². The zero-order valence-corrected chi connectivity index (χ0v) is 13.1. The molecule has 0 saturated carbocycles. The molecule has 1 N–H and O–H groups in total. The number of para-hydroxylation sites is 1. The molecular formula is C16H19N3OS. The van der Waals surface area contributed by atoms with Gasteiger partial charge in [0.1, 0.15) is 12.4 Å². The third-order valence-electron chi connectivity index (χ3n) is 3.47. The predicted molar refractivity (Wildman–Crippen MR) is 84.8 cm³/mol. The molecule has 0 radical (unpaired) electrons. The molecule has 2 heterocycles. The second-order valence-electron chi connectivity index (χ2n) is 5.08. The highest BCUT2D eigenvalue weighted by Gasteiger charge is 2.31. The molecule has 0 spiro atoms. The van der Waals surface area contributed by atoms with Gasteiger partial charge in [0.2, 0.25) is 0 Å². The number of aromatic nitrogens is 2. The highest BCUT2D eigenvalue weighted by atomic mass is 32.2. The molecule has 2 atom stereocenters. The fourth-order valence-electron chi connectivity index (χ4n) is 2.48. The van der Waals surface area contributed by atoms with Gasteiger partial charge in [0, 0.05) is 18.0 Å². The van der Waals surface area contributed by atoms with Crippen LogP contribution in [0, 0.1) is 6.92 Å². The van der Waals surface area contributed by atoms with E-state index in [9.17, 15) is 0 Å². The van der Waals surface area contributed by atoms with Crippen molar-refractivity contribution in [1.82, 2.24) is 15.3 Å². The molecular weight excluding hydrogens is 282 g/mol. The van der Waals surface area contributed by atoms with Crippen molar-refractivity contribution < 1.29 is 4.74 Å². The zero-order chi connectivity index (χ0) is 14.7. The molecule has 1 aromatic heterocycles. The molecule has 1 aliphatic rings. The monoisotopic (exact) mass is 301 g/mol. The first kappa shape index (κ1) is 14.4. The van der Waals surface area contributed by atoms with Crippen molar-refractivity contribution in [3.63, 3.8) is 0 Å². The van der Waals surface area contributed by atoms with Gasteiger partial charge in [-0.1, -0.05) is 36.9 Å². The number of thioether (sulfide) groups is 1. The van der Waals surface area contributed by atoms with Gasteiger partial charge in [-0.05, 0) is 25.1 Å². The summed E-state index contributed by atoms with van der Waals surface area (Å²) in [5.74, 6) is 0.977. The lowest BCUT2D eigenvalue weighted by molar-refractivity contribution is 0.261. The average Bonchev–Trinajstić information content (AvgIpc) is 2.52. The first-order valence-electron chi connectivity index (χ1n) is 7.18. The van der Waals surface area contributed by atoms with Crippen LogP contribution in [0.15, 0.2) is 41.8 Å². The quantitative estimate of drug-likeness (QED) is 0.880. The van der Waals surface area contributed by atoms with Gasteiger partial charge in [0.25, 0.3) is 0 Å². The topological polar surface area (TPSA) is 47.0 Å². The Morgan fingerprint density at radius 3 is 2.81 bits per heavy atom. The molecule has 2 aromatic rings. The Labute approximate surface area is 129 Å². The Morgan fingerprint density at radius 1 is 1.29 bits per heavy atom. The number of hydrogen-bond donors (Lipinski definition) is 1. The van der Waals surface area contributed by atoms with Gasteiger partial charge in [-0.15, -0.1) is 0 Å². The Bertz CT molecular complexity index is 603. The van der Waals surface area contributed by atoms with Crippen LogP contribution in [0.25, 0.3) is 0 Å². The molecule has 0 fully saturated rings. The highest BCUT2D eigenvalue weighted by molar-refractivity contribution is 7.99. The highest BCUT2D eigenvalue weighted by Crippen LogP contribution is 2.38. The van der Waals surface area contributed by atoms with Gasteiger partial charge >= 0.3 is 0 Å². The average molecular weight is 301 g/mol. The molecule has 3 rings (SSSR count). The molecule has 0 amide bonds. The third kappa shape index (κ3) is 3.19. The fourth-order valence-corrected chi connectivity index (χ4v) is 3.49. The summed E-state index contributed by atoms with van der Waals surface area (Å²) in [4.78, 5) is 8.78. The van der Waals surface area contributed by atoms with Gasteiger partial charge in [0.15, 0.2) is 5.16 Å². The second kappa shape index (κ2) is 6.45. The van der Waals surface area contributed by atoms with Crippen molar-refractivity contribution in [3.05, 3.63) is 47.8 Å². The molecule has 4 nitrogen and oxygen atoms in total. The van der Waals surface area contributed by atoms with Crippen molar-refractivity contribution in [2.75, 3.05) is 13.2 Å². The Hall–Kier alpha value is -1.59. The number of nitrogens with zero attached hydrogens (tertiary/aromatic N) is 2. The van der Waals surface area contributed by atoms with Crippen LogP contribution >= 0.6 is 11.8 Å². The smallest absolute Gasteiger partial charge is 0.187 e. The third-order valence-corrected chi connectivity index (χ3v) is 4.60. The summed E-state index contributed by atoms with van der Waals surface area (Å²) in [5, 5.41) is 4.63. The number of aryl methyl sites for hydroxylation is 1. The van der Waals surface area contributed by atoms with E-state index >= 15 is 0 Å². The molecule has 1 aromatic carbocycles. The van der Waals surface area contributed by atoms with E-state index in [4.69, 9.17) is 4.74 Å². The molecule has 0 bridgehead atoms. The normalized spacial score (nSPS) is 20.7. The van der Waals surface area contributed by atoms with Crippen LogP contribution in [-0.2, 0) is 0 Å². The zero-order valence-electron chi connectivity index (χ0n) is 12.2. The number of fused-ring (bicyclic) bond motifs is 1. The molecule has 110 valence electrons. The van der Waals surface area contributed by atoms with Crippen molar-refractivity contribution in [2.24, 2.45) is 0 Å². The predicted octanol–water partition coefficient (Wildman–Crippen LogP) is 2.99. The van der Waals surface area contributed by atoms with Crippen LogP contribution < -0.4 is 10.1 Å². The van der Waals surface area contributed by atoms with E-state index < -0.39 is 0 Å². The summed E-state index contributed by atoms with van der Waals surface area (Å²) in [6.45, 7) is 5.71. The first-order chi connectivity index (χ1) is 10.3. The molecule has 1 aliphatic heterocycles. The van der Waals surface area contributed by atoms with E-state index in [-0.39, 0.29) is 11.3 Å². The summed E-state index contributed by atoms with van der Waals surface area (Å²) >= 11 is 1.68. The van der Waals surface area contributed by atoms with Gasteiger partial charge in [0.05, 0.1) is 11.3 Å². The lowest BCUT2D eigenvalue weighted by Gasteiger charge is -2.33. The summed E-state index contributed by atoms with van der Waals surface area (Å²) in [7, 11) is 0. The van der Waals surface area contributed by atoms with E-state index in [1.54, 1.807) is 11.8 Å².